The number of carbonyl (C=O) groups is 2. The number of thiophene rings is 1. The molecule has 0 radical (unpaired) electrons. The van der Waals surface area contributed by atoms with Gasteiger partial charge in [0.1, 0.15) is 0 Å². The molecule has 3 N–H and O–H groups in total. The van der Waals surface area contributed by atoms with Crippen molar-refractivity contribution in [3.63, 3.8) is 0 Å². The molecule has 0 aliphatic rings. The maximum absolute atomic E-state index is 11.0. The Morgan fingerprint density at radius 2 is 2.29 bits per heavy atom. The van der Waals surface area contributed by atoms with Gasteiger partial charge in [0.2, 0.25) is 0 Å². The van der Waals surface area contributed by atoms with Crippen LogP contribution >= 0.6 is 11.3 Å². The number of amides is 2. The van der Waals surface area contributed by atoms with Crippen molar-refractivity contribution in [2.24, 2.45) is 5.73 Å². The molecule has 0 spiro atoms. The van der Waals surface area contributed by atoms with E-state index in [-0.39, 0.29) is 13.0 Å². The van der Waals surface area contributed by atoms with Crippen molar-refractivity contribution in [1.82, 2.24) is 0 Å². The van der Waals surface area contributed by atoms with Crippen LogP contribution in [-0.2, 0) is 4.79 Å². The number of hydrogen-bond donors (Lipinski definition) is 2. The molecule has 0 saturated carbocycles. The smallest absolute Gasteiger partial charge is 0.319 e. The predicted octanol–water partition coefficient (Wildman–Crippen LogP) is 1.11. The van der Waals surface area contributed by atoms with Gasteiger partial charge in [0.25, 0.3) is 0 Å². The van der Waals surface area contributed by atoms with E-state index in [4.69, 9.17) is 10.8 Å². The van der Waals surface area contributed by atoms with Crippen molar-refractivity contribution in [1.29, 1.82) is 0 Å². The minimum absolute atomic E-state index is 0.102. The maximum atomic E-state index is 11.0. The molecule has 0 unspecified atom stereocenters. The molecule has 1 aromatic rings. The highest BCUT2D eigenvalue weighted by molar-refractivity contribution is 7.14. The molecular formula is C8H10N2O3S. The van der Waals surface area contributed by atoms with Crippen LogP contribution in [0.1, 0.15) is 6.42 Å². The molecule has 5 nitrogen and oxygen atoms in total. The Morgan fingerprint density at radius 1 is 1.57 bits per heavy atom. The van der Waals surface area contributed by atoms with Crippen molar-refractivity contribution >= 4 is 28.3 Å². The van der Waals surface area contributed by atoms with E-state index in [0.29, 0.717) is 5.00 Å². The van der Waals surface area contributed by atoms with E-state index in [9.17, 15) is 9.59 Å². The fraction of sp³-hybridized carbons (Fsp3) is 0.250. The number of carboxylic acid groups (broad SMARTS) is 1. The van der Waals surface area contributed by atoms with Gasteiger partial charge in [-0.2, -0.15) is 0 Å². The van der Waals surface area contributed by atoms with Crippen molar-refractivity contribution < 1.29 is 14.7 Å². The van der Waals surface area contributed by atoms with Crippen LogP contribution in [0.3, 0.4) is 0 Å². The second-order valence-corrected chi connectivity index (χ2v) is 3.51. The Labute approximate surface area is 84.7 Å². The van der Waals surface area contributed by atoms with E-state index in [2.05, 4.69) is 0 Å². The average molecular weight is 214 g/mol. The van der Waals surface area contributed by atoms with Gasteiger partial charge in [-0.15, -0.1) is 11.3 Å². The molecule has 0 bridgehead atoms. The number of aliphatic carboxylic acids is 1. The average Bonchev–Trinajstić information content (AvgIpc) is 2.56. The van der Waals surface area contributed by atoms with Gasteiger partial charge in [-0.3, -0.25) is 9.69 Å². The lowest BCUT2D eigenvalue weighted by Gasteiger charge is -2.16. The third-order valence-electron chi connectivity index (χ3n) is 1.59. The molecule has 1 aromatic heterocycles. The predicted molar refractivity (Wildman–Crippen MR) is 53.5 cm³/mol. The highest BCUT2D eigenvalue weighted by Gasteiger charge is 2.14. The molecule has 76 valence electrons. The number of hydrogen-bond acceptors (Lipinski definition) is 3. The van der Waals surface area contributed by atoms with Gasteiger partial charge in [-0.1, -0.05) is 0 Å². The number of nitrogens with zero attached hydrogens (tertiary/aromatic N) is 1. The lowest BCUT2D eigenvalue weighted by atomic mass is 10.4. The fourth-order valence-electron chi connectivity index (χ4n) is 0.960. The zero-order valence-corrected chi connectivity index (χ0v) is 8.16. The van der Waals surface area contributed by atoms with Crippen LogP contribution in [0, 0.1) is 0 Å². The summed E-state index contributed by atoms with van der Waals surface area (Å²) in [6.45, 7) is 0.102. The summed E-state index contributed by atoms with van der Waals surface area (Å²) in [5, 5.41) is 10.9. The number of rotatable bonds is 4. The standard InChI is InChI=1S/C8H10N2O3S/c9-8(13)10(4-3-7(11)12)6-2-1-5-14-6/h1-2,5H,3-4H2,(H2,9,13)(H,11,12). The number of carbonyl (C=O) groups excluding carboxylic acids is 1. The van der Waals surface area contributed by atoms with Crippen molar-refractivity contribution in [3.8, 4) is 0 Å². The summed E-state index contributed by atoms with van der Waals surface area (Å²) in [6, 6.07) is 2.86. The normalized spacial score (nSPS) is 9.71. The summed E-state index contributed by atoms with van der Waals surface area (Å²) in [5.41, 5.74) is 5.11. The van der Waals surface area contributed by atoms with Crippen molar-refractivity contribution in [2.45, 2.75) is 6.42 Å². The molecular weight excluding hydrogens is 204 g/mol. The summed E-state index contributed by atoms with van der Waals surface area (Å²) in [7, 11) is 0. The summed E-state index contributed by atoms with van der Waals surface area (Å²) >= 11 is 1.34. The van der Waals surface area contributed by atoms with Gasteiger partial charge in [-0.25, -0.2) is 4.79 Å². The molecule has 6 heteroatoms. The van der Waals surface area contributed by atoms with Crippen LogP contribution in [0.2, 0.25) is 0 Å². The zero-order chi connectivity index (χ0) is 10.6. The van der Waals surface area contributed by atoms with Crippen LogP contribution in [0.15, 0.2) is 17.5 Å². The van der Waals surface area contributed by atoms with E-state index in [1.165, 1.54) is 16.2 Å². The highest BCUT2D eigenvalue weighted by Crippen LogP contribution is 2.20. The summed E-state index contributed by atoms with van der Waals surface area (Å²) in [6.07, 6.45) is -0.110. The minimum atomic E-state index is -0.951. The molecule has 0 saturated heterocycles. The van der Waals surface area contributed by atoms with Crippen molar-refractivity contribution in [3.05, 3.63) is 17.5 Å². The van der Waals surface area contributed by atoms with Crippen LogP contribution in [-0.4, -0.2) is 23.7 Å². The Morgan fingerprint density at radius 3 is 2.71 bits per heavy atom. The van der Waals surface area contributed by atoms with Crippen LogP contribution < -0.4 is 10.6 Å². The van der Waals surface area contributed by atoms with Gasteiger partial charge in [0, 0.05) is 6.54 Å². The lowest BCUT2D eigenvalue weighted by molar-refractivity contribution is -0.136. The van der Waals surface area contributed by atoms with Gasteiger partial charge in [-0.05, 0) is 17.5 Å². The van der Waals surface area contributed by atoms with E-state index in [1.807, 2.05) is 0 Å². The molecule has 0 fully saturated rings. The van der Waals surface area contributed by atoms with E-state index in [1.54, 1.807) is 17.5 Å². The molecule has 1 heterocycles. The van der Waals surface area contributed by atoms with Crippen molar-refractivity contribution in [2.75, 3.05) is 11.4 Å². The molecule has 0 aliphatic carbocycles. The first kappa shape index (κ1) is 10.5. The molecule has 0 atom stereocenters. The van der Waals surface area contributed by atoms with Crippen LogP contribution in [0.5, 0.6) is 0 Å². The molecule has 1 rings (SSSR count). The summed E-state index contributed by atoms with van der Waals surface area (Å²) < 4.78 is 0. The number of urea groups is 1. The Kier molecular flexibility index (Phi) is 3.47. The first-order chi connectivity index (χ1) is 6.61. The topological polar surface area (TPSA) is 83.6 Å². The monoisotopic (exact) mass is 214 g/mol. The Balaban J connectivity index is 2.66. The van der Waals surface area contributed by atoms with Crippen LogP contribution in [0.25, 0.3) is 0 Å². The SMILES string of the molecule is NC(=O)N(CCC(=O)O)c1cccs1. The third kappa shape index (κ3) is 2.74. The van der Waals surface area contributed by atoms with Gasteiger partial charge in [0.05, 0.1) is 11.4 Å². The zero-order valence-electron chi connectivity index (χ0n) is 7.34. The van der Waals surface area contributed by atoms with E-state index < -0.39 is 12.0 Å². The largest absolute Gasteiger partial charge is 0.481 e. The molecule has 0 aliphatic heterocycles. The van der Waals surface area contributed by atoms with E-state index in [0.717, 1.165) is 0 Å². The summed E-state index contributed by atoms with van der Waals surface area (Å²) in [4.78, 5) is 22.5. The van der Waals surface area contributed by atoms with Gasteiger partial charge >= 0.3 is 12.0 Å². The second-order valence-electron chi connectivity index (χ2n) is 2.58. The first-order valence-electron chi connectivity index (χ1n) is 3.93. The number of carboxylic acids is 1. The Hall–Kier alpha value is -1.56. The number of primary amides is 1. The van der Waals surface area contributed by atoms with Gasteiger partial charge in [0.15, 0.2) is 0 Å². The summed E-state index contributed by atoms with van der Waals surface area (Å²) in [5.74, 6) is -0.951. The second kappa shape index (κ2) is 4.61. The molecule has 2 amide bonds. The van der Waals surface area contributed by atoms with Crippen LogP contribution in [0.4, 0.5) is 9.80 Å². The molecule has 14 heavy (non-hydrogen) atoms. The third-order valence-corrected chi connectivity index (χ3v) is 2.48. The maximum Gasteiger partial charge on any atom is 0.319 e. The molecule has 0 aromatic carbocycles. The fourth-order valence-corrected chi connectivity index (χ4v) is 1.72. The number of nitrogens with two attached hydrogens (primary N) is 1. The lowest BCUT2D eigenvalue weighted by Crippen LogP contribution is -2.36. The number of anilines is 1. The van der Waals surface area contributed by atoms with Gasteiger partial charge < -0.3 is 10.8 Å². The Bertz CT molecular complexity index is 323. The minimum Gasteiger partial charge on any atom is -0.481 e. The first-order valence-corrected chi connectivity index (χ1v) is 4.81. The highest BCUT2D eigenvalue weighted by atomic mass is 32.1. The quantitative estimate of drug-likeness (QED) is 0.787. The van der Waals surface area contributed by atoms with E-state index >= 15 is 0 Å².